The molecule has 8 nitrogen and oxygen atoms in total. The lowest BCUT2D eigenvalue weighted by atomic mass is 10.3. The number of carbonyl (C=O) groups excluding carboxylic acids is 1. The van der Waals surface area contributed by atoms with Crippen LogP contribution in [0.3, 0.4) is 0 Å². The Kier molecular flexibility index (Phi) is 5.31. The van der Waals surface area contributed by atoms with Crippen LogP contribution in [0.4, 0.5) is 0 Å². The predicted molar refractivity (Wildman–Crippen MR) is 97.5 cm³/mol. The smallest absolute Gasteiger partial charge is 0.374 e. The number of benzene rings is 2. The van der Waals surface area contributed by atoms with Crippen LogP contribution in [0.2, 0.25) is 0 Å². The molecule has 0 bridgehead atoms. The third-order valence-electron chi connectivity index (χ3n) is 3.62. The van der Waals surface area contributed by atoms with Crippen LogP contribution in [0.15, 0.2) is 47.4 Å². The quantitative estimate of drug-likeness (QED) is 0.488. The fourth-order valence-corrected chi connectivity index (χ4v) is 3.46. The van der Waals surface area contributed by atoms with Crippen molar-refractivity contribution in [2.45, 2.75) is 18.2 Å². The second-order valence-electron chi connectivity index (χ2n) is 5.59. The number of nitrogens with zero attached hydrogens (tertiary/aromatic N) is 1. The summed E-state index contributed by atoms with van der Waals surface area (Å²) in [7, 11) is -2.86. The SMILES string of the molecule is CCCOc1ccccc1S(=O)(=O)Oc1ccc2nc(C(=O)OC)[nH]c2c1. The van der Waals surface area contributed by atoms with Gasteiger partial charge < -0.3 is 18.6 Å². The Bertz CT molecular complexity index is 1070. The molecule has 27 heavy (non-hydrogen) atoms. The van der Waals surface area contributed by atoms with E-state index >= 15 is 0 Å². The van der Waals surface area contributed by atoms with Gasteiger partial charge in [0.25, 0.3) is 0 Å². The molecule has 1 aromatic heterocycles. The Balaban J connectivity index is 1.91. The molecule has 2 aromatic carbocycles. The number of hydrogen-bond donors (Lipinski definition) is 1. The Hall–Kier alpha value is -3.07. The molecule has 0 amide bonds. The summed E-state index contributed by atoms with van der Waals surface area (Å²) >= 11 is 0. The number of carbonyl (C=O) groups is 1. The highest BCUT2D eigenvalue weighted by molar-refractivity contribution is 7.87. The number of rotatable bonds is 7. The molecule has 0 unspecified atom stereocenters. The largest absolute Gasteiger partial charge is 0.492 e. The van der Waals surface area contributed by atoms with Gasteiger partial charge >= 0.3 is 16.1 Å². The van der Waals surface area contributed by atoms with Crippen molar-refractivity contribution in [2.24, 2.45) is 0 Å². The van der Waals surface area contributed by atoms with Crippen molar-refractivity contribution in [3.05, 3.63) is 48.3 Å². The molecule has 0 saturated carbocycles. The molecule has 1 heterocycles. The van der Waals surface area contributed by atoms with Gasteiger partial charge in [0, 0.05) is 6.07 Å². The highest BCUT2D eigenvalue weighted by Crippen LogP contribution is 2.28. The van der Waals surface area contributed by atoms with Crippen molar-refractivity contribution in [2.75, 3.05) is 13.7 Å². The Morgan fingerprint density at radius 2 is 1.96 bits per heavy atom. The maximum absolute atomic E-state index is 12.7. The van der Waals surface area contributed by atoms with Gasteiger partial charge in [0.1, 0.15) is 16.4 Å². The second kappa shape index (κ2) is 7.67. The summed E-state index contributed by atoms with van der Waals surface area (Å²) < 4.78 is 40.7. The molecule has 3 rings (SSSR count). The van der Waals surface area contributed by atoms with Gasteiger partial charge in [0.2, 0.25) is 5.82 Å². The standard InChI is InChI=1S/C18H18N2O6S/c1-3-10-25-15-6-4-5-7-16(15)27(22,23)26-12-8-9-13-14(11-12)20-17(19-13)18(21)24-2/h4-9,11H,3,10H2,1-2H3,(H,19,20). The van der Waals surface area contributed by atoms with Gasteiger partial charge in [-0.1, -0.05) is 19.1 Å². The second-order valence-corrected chi connectivity index (χ2v) is 7.10. The number of hydrogen-bond acceptors (Lipinski definition) is 7. The molecule has 142 valence electrons. The van der Waals surface area contributed by atoms with Gasteiger partial charge in [-0.3, -0.25) is 0 Å². The molecule has 0 fully saturated rings. The number of imidazole rings is 1. The van der Waals surface area contributed by atoms with E-state index in [1.807, 2.05) is 6.92 Å². The van der Waals surface area contributed by atoms with Crippen molar-refractivity contribution in [3.63, 3.8) is 0 Å². The number of aromatic amines is 1. The summed E-state index contributed by atoms with van der Waals surface area (Å²) in [6.45, 7) is 2.32. The van der Waals surface area contributed by atoms with E-state index in [-0.39, 0.29) is 22.2 Å². The number of fused-ring (bicyclic) bond motifs is 1. The number of nitrogens with one attached hydrogen (secondary N) is 1. The predicted octanol–water partition coefficient (Wildman–Crippen LogP) is 2.91. The zero-order valence-corrected chi connectivity index (χ0v) is 15.6. The number of aromatic nitrogens is 2. The summed E-state index contributed by atoms with van der Waals surface area (Å²) in [5.74, 6) is -0.295. The first-order chi connectivity index (χ1) is 12.9. The highest BCUT2D eigenvalue weighted by Gasteiger charge is 2.22. The first kappa shape index (κ1) is 18.7. The maximum Gasteiger partial charge on any atom is 0.374 e. The zero-order chi connectivity index (χ0) is 19.4. The number of esters is 1. The summed E-state index contributed by atoms with van der Waals surface area (Å²) in [5, 5.41) is 0. The third kappa shape index (κ3) is 4.03. The molecule has 1 N–H and O–H groups in total. The topological polar surface area (TPSA) is 108 Å². The first-order valence-electron chi connectivity index (χ1n) is 8.19. The van der Waals surface area contributed by atoms with Crippen LogP contribution in [0, 0.1) is 0 Å². The fourth-order valence-electron chi connectivity index (χ4n) is 2.39. The molecular formula is C18H18N2O6S. The molecule has 0 saturated heterocycles. The lowest BCUT2D eigenvalue weighted by Crippen LogP contribution is -2.12. The fraction of sp³-hybridized carbons (Fsp3) is 0.222. The van der Waals surface area contributed by atoms with Crippen LogP contribution in [0.25, 0.3) is 11.0 Å². The summed E-state index contributed by atoms with van der Waals surface area (Å²) in [6, 6.07) is 10.7. The zero-order valence-electron chi connectivity index (χ0n) is 14.8. The number of ether oxygens (including phenoxy) is 2. The van der Waals surface area contributed by atoms with E-state index in [0.29, 0.717) is 17.6 Å². The van der Waals surface area contributed by atoms with Crippen molar-refractivity contribution < 1.29 is 26.9 Å². The van der Waals surface area contributed by atoms with Gasteiger partial charge in [-0.05, 0) is 30.7 Å². The summed E-state index contributed by atoms with van der Waals surface area (Å²) in [4.78, 5) is 18.3. The number of methoxy groups -OCH3 is 1. The number of para-hydroxylation sites is 1. The minimum atomic E-state index is -4.11. The average Bonchev–Trinajstić information content (AvgIpc) is 3.09. The van der Waals surface area contributed by atoms with Gasteiger partial charge in [-0.2, -0.15) is 8.42 Å². The molecular weight excluding hydrogens is 372 g/mol. The molecule has 0 spiro atoms. The molecule has 0 aliphatic carbocycles. The third-order valence-corrected chi connectivity index (χ3v) is 4.91. The van der Waals surface area contributed by atoms with Crippen molar-refractivity contribution >= 4 is 27.1 Å². The van der Waals surface area contributed by atoms with Crippen molar-refractivity contribution in [1.29, 1.82) is 0 Å². The van der Waals surface area contributed by atoms with Crippen molar-refractivity contribution in [3.8, 4) is 11.5 Å². The minimum Gasteiger partial charge on any atom is -0.492 e. The highest BCUT2D eigenvalue weighted by atomic mass is 32.2. The van der Waals surface area contributed by atoms with Crippen LogP contribution in [0.5, 0.6) is 11.5 Å². The van der Waals surface area contributed by atoms with Crippen molar-refractivity contribution in [1.82, 2.24) is 9.97 Å². The van der Waals surface area contributed by atoms with E-state index in [2.05, 4.69) is 14.7 Å². The Labute approximate surface area is 156 Å². The van der Waals surface area contributed by atoms with E-state index in [1.165, 1.54) is 25.3 Å². The van der Waals surface area contributed by atoms with Gasteiger partial charge in [0.05, 0.1) is 24.8 Å². The molecule has 9 heteroatoms. The molecule has 3 aromatic rings. The van der Waals surface area contributed by atoms with E-state index < -0.39 is 16.1 Å². The van der Waals surface area contributed by atoms with Crippen LogP contribution >= 0.6 is 0 Å². The lowest BCUT2D eigenvalue weighted by molar-refractivity contribution is 0.0588. The van der Waals surface area contributed by atoms with E-state index in [0.717, 1.165) is 6.42 Å². The van der Waals surface area contributed by atoms with Crippen LogP contribution in [0.1, 0.15) is 24.0 Å². The molecule has 0 aliphatic rings. The normalized spacial score (nSPS) is 11.3. The van der Waals surface area contributed by atoms with Crippen LogP contribution in [-0.2, 0) is 14.9 Å². The monoisotopic (exact) mass is 390 g/mol. The first-order valence-corrected chi connectivity index (χ1v) is 9.60. The lowest BCUT2D eigenvalue weighted by Gasteiger charge is -2.12. The summed E-state index contributed by atoms with van der Waals surface area (Å²) in [5.41, 5.74) is 0.922. The van der Waals surface area contributed by atoms with Gasteiger partial charge in [-0.25, -0.2) is 9.78 Å². The molecule has 0 aliphatic heterocycles. The molecule has 0 radical (unpaired) electrons. The Morgan fingerprint density at radius 1 is 1.19 bits per heavy atom. The maximum atomic E-state index is 12.7. The van der Waals surface area contributed by atoms with Crippen LogP contribution < -0.4 is 8.92 Å². The summed E-state index contributed by atoms with van der Waals surface area (Å²) in [6.07, 6.45) is 0.744. The van der Waals surface area contributed by atoms with Crippen LogP contribution in [-0.4, -0.2) is 38.1 Å². The van der Waals surface area contributed by atoms with E-state index in [4.69, 9.17) is 8.92 Å². The van der Waals surface area contributed by atoms with E-state index in [1.54, 1.807) is 24.3 Å². The van der Waals surface area contributed by atoms with Gasteiger partial charge in [-0.15, -0.1) is 0 Å². The molecule has 0 atom stereocenters. The Morgan fingerprint density at radius 3 is 2.70 bits per heavy atom. The number of H-pyrrole nitrogens is 1. The van der Waals surface area contributed by atoms with Gasteiger partial charge in [0.15, 0.2) is 0 Å². The minimum absolute atomic E-state index is 0.0193. The average molecular weight is 390 g/mol. The van der Waals surface area contributed by atoms with E-state index in [9.17, 15) is 13.2 Å².